The van der Waals surface area contributed by atoms with E-state index >= 15 is 0 Å². The molecule has 0 spiro atoms. The molecule has 0 aliphatic heterocycles. The molecule has 1 N–H and O–H groups in total. The average Bonchev–Trinajstić information content (AvgIpc) is 3.23. The summed E-state index contributed by atoms with van der Waals surface area (Å²) in [6, 6.07) is 17.6. The van der Waals surface area contributed by atoms with Crippen molar-refractivity contribution in [3.63, 3.8) is 0 Å². The van der Waals surface area contributed by atoms with Crippen LogP contribution in [0.15, 0.2) is 65.8 Å². The Labute approximate surface area is 226 Å². The second kappa shape index (κ2) is 11.5. The summed E-state index contributed by atoms with van der Waals surface area (Å²) in [4.78, 5) is 12.7. The number of methoxy groups -OCH3 is 1. The number of ether oxygens (including phenoxy) is 1. The molecule has 0 atom stereocenters. The van der Waals surface area contributed by atoms with Crippen LogP contribution in [0.4, 0.5) is 0 Å². The molecule has 0 aliphatic carbocycles. The van der Waals surface area contributed by atoms with Crippen LogP contribution in [0.25, 0.3) is 5.69 Å². The standard InChI is InChI=1S/C24H18Cl4N4O2S/c1-34-19-4-2-3-14(7-19)13-35-24-31-30-22(32(24)21-6-5-16(25)11-20(21)28)12-29-23(33)15-8-17(26)10-18(27)9-15/h2-11H,12-13H2,1H3,(H,29,33). The van der Waals surface area contributed by atoms with Gasteiger partial charge in [-0.1, -0.05) is 70.3 Å². The van der Waals surface area contributed by atoms with E-state index in [9.17, 15) is 4.79 Å². The first-order chi connectivity index (χ1) is 16.8. The van der Waals surface area contributed by atoms with Gasteiger partial charge in [-0.15, -0.1) is 10.2 Å². The molecule has 1 heterocycles. The van der Waals surface area contributed by atoms with Crippen molar-refractivity contribution in [3.05, 3.63) is 97.7 Å². The maximum Gasteiger partial charge on any atom is 0.251 e. The van der Waals surface area contributed by atoms with Crippen molar-refractivity contribution in [1.82, 2.24) is 20.1 Å². The third-order valence-electron chi connectivity index (χ3n) is 4.88. The van der Waals surface area contributed by atoms with E-state index in [1.54, 1.807) is 48.1 Å². The van der Waals surface area contributed by atoms with E-state index in [4.69, 9.17) is 51.1 Å². The molecule has 4 aromatic rings. The summed E-state index contributed by atoms with van der Waals surface area (Å²) >= 11 is 26.1. The number of amides is 1. The Morgan fingerprint density at radius 1 is 0.971 bits per heavy atom. The Morgan fingerprint density at radius 3 is 2.46 bits per heavy atom. The fourth-order valence-electron chi connectivity index (χ4n) is 3.27. The average molecular weight is 568 g/mol. The van der Waals surface area contributed by atoms with E-state index in [0.29, 0.717) is 48.1 Å². The largest absolute Gasteiger partial charge is 0.497 e. The lowest BCUT2D eigenvalue weighted by atomic mass is 10.2. The molecule has 0 saturated heterocycles. The Hall–Kier alpha value is -2.42. The van der Waals surface area contributed by atoms with Gasteiger partial charge < -0.3 is 10.1 Å². The fourth-order valence-corrected chi connectivity index (χ4v) is 5.20. The molecule has 1 aromatic heterocycles. The Balaban J connectivity index is 1.61. The predicted molar refractivity (Wildman–Crippen MR) is 142 cm³/mol. The van der Waals surface area contributed by atoms with Gasteiger partial charge >= 0.3 is 0 Å². The lowest BCUT2D eigenvalue weighted by molar-refractivity contribution is 0.0949. The highest BCUT2D eigenvalue weighted by molar-refractivity contribution is 7.98. The third kappa shape index (κ3) is 6.42. The van der Waals surface area contributed by atoms with E-state index in [1.165, 1.54) is 11.8 Å². The van der Waals surface area contributed by atoms with Gasteiger partial charge in [0.05, 0.1) is 24.4 Å². The second-order valence-corrected chi connectivity index (χ2v) is 9.97. The van der Waals surface area contributed by atoms with E-state index in [2.05, 4.69) is 15.5 Å². The molecule has 3 aromatic carbocycles. The summed E-state index contributed by atoms with van der Waals surface area (Å²) in [5.41, 5.74) is 2.04. The Morgan fingerprint density at radius 2 is 1.74 bits per heavy atom. The van der Waals surface area contributed by atoms with Crippen LogP contribution >= 0.6 is 58.2 Å². The predicted octanol–water partition coefficient (Wildman–Crippen LogP) is 7.11. The number of hydrogen-bond donors (Lipinski definition) is 1. The van der Waals surface area contributed by atoms with E-state index < -0.39 is 0 Å². The van der Waals surface area contributed by atoms with Gasteiger partial charge in [0.25, 0.3) is 5.91 Å². The smallest absolute Gasteiger partial charge is 0.251 e. The molecule has 1 amide bonds. The number of hydrogen-bond acceptors (Lipinski definition) is 5. The second-order valence-electron chi connectivity index (χ2n) is 7.31. The molecule has 180 valence electrons. The number of carbonyl (C=O) groups excluding carboxylic acids is 1. The lowest BCUT2D eigenvalue weighted by Crippen LogP contribution is -2.24. The van der Waals surface area contributed by atoms with E-state index in [-0.39, 0.29) is 12.5 Å². The highest BCUT2D eigenvalue weighted by atomic mass is 35.5. The SMILES string of the molecule is COc1cccc(CSc2nnc(CNC(=O)c3cc(Cl)cc(Cl)c3)n2-c2ccc(Cl)cc2Cl)c1. The van der Waals surface area contributed by atoms with E-state index in [1.807, 2.05) is 24.3 Å². The first-order valence-electron chi connectivity index (χ1n) is 10.2. The zero-order valence-corrected chi connectivity index (χ0v) is 22.1. The molecular weight excluding hydrogens is 550 g/mol. The van der Waals surface area contributed by atoms with Crippen molar-refractivity contribution in [3.8, 4) is 11.4 Å². The molecule has 0 radical (unpaired) electrons. The number of nitrogens with zero attached hydrogens (tertiary/aromatic N) is 3. The molecule has 0 aliphatic rings. The normalized spacial score (nSPS) is 10.9. The summed E-state index contributed by atoms with van der Waals surface area (Å²) in [6.45, 7) is 0.0919. The summed E-state index contributed by atoms with van der Waals surface area (Å²) in [6.07, 6.45) is 0. The molecule has 6 nitrogen and oxygen atoms in total. The van der Waals surface area contributed by atoms with Gasteiger partial charge in [-0.05, 0) is 54.1 Å². The van der Waals surface area contributed by atoms with E-state index in [0.717, 1.165) is 11.3 Å². The van der Waals surface area contributed by atoms with Crippen LogP contribution in [0.1, 0.15) is 21.7 Å². The maximum absolute atomic E-state index is 12.7. The minimum absolute atomic E-state index is 0.0919. The minimum atomic E-state index is -0.350. The first-order valence-corrected chi connectivity index (χ1v) is 12.7. The maximum atomic E-state index is 12.7. The third-order valence-corrected chi connectivity index (χ3v) is 6.86. The van der Waals surface area contributed by atoms with Crippen LogP contribution in [0.3, 0.4) is 0 Å². The molecule has 0 bridgehead atoms. The molecule has 11 heteroatoms. The van der Waals surface area contributed by atoms with Gasteiger partial charge in [0.2, 0.25) is 0 Å². The molecular formula is C24H18Cl4N4O2S. The van der Waals surface area contributed by atoms with Gasteiger partial charge in [-0.25, -0.2) is 0 Å². The summed E-state index contributed by atoms with van der Waals surface area (Å²) in [7, 11) is 1.63. The molecule has 0 saturated carbocycles. The van der Waals surface area contributed by atoms with Gasteiger partial charge in [-0.2, -0.15) is 0 Å². The highest BCUT2D eigenvalue weighted by Gasteiger charge is 2.18. The van der Waals surface area contributed by atoms with Gasteiger partial charge in [0.1, 0.15) is 5.75 Å². The van der Waals surface area contributed by atoms with Crippen molar-refractivity contribution >= 4 is 64.1 Å². The van der Waals surface area contributed by atoms with Crippen LogP contribution < -0.4 is 10.1 Å². The van der Waals surface area contributed by atoms with Crippen molar-refractivity contribution in [2.75, 3.05) is 7.11 Å². The number of carbonyl (C=O) groups is 1. The summed E-state index contributed by atoms with van der Waals surface area (Å²) in [5.74, 6) is 1.53. The highest BCUT2D eigenvalue weighted by Crippen LogP contribution is 2.31. The van der Waals surface area contributed by atoms with Gasteiger partial charge in [0.15, 0.2) is 11.0 Å². The van der Waals surface area contributed by atoms with Crippen LogP contribution in [0, 0.1) is 0 Å². The number of aromatic nitrogens is 3. The van der Waals surface area contributed by atoms with Crippen LogP contribution in [-0.2, 0) is 12.3 Å². The van der Waals surface area contributed by atoms with Crippen LogP contribution in [0.2, 0.25) is 20.1 Å². The monoisotopic (exact) mass is 566 g/mol. The lowest BCUT2D eigenvalue weighted by Gasteiger charge is -2.13. The number of halogens is 4. The number of rotatable bonds is 8. The van der Waals surface area contributed by atoms with Crippen LogP contribution in [-0.4, -0.2) is 27.8 Å². The van der Waals surface area contributed by atoms with Gasteiger partial charge in [0, 0.05) is 26.4 Å². The van der Waals surface area contributed by atoms with Crippen molar-refractivity contribution in [2.45, 2.75) is 17.5 Å². The quantitative estimate of drug-likeness (QED) is 0.230. The molecule has 0 unspecified atom stereocenters. The fraction of sp³-hybridized carbons (Fsp3) is 0.125. The van der Waals surface area contributed by atoms with Gasteiger partial charge in [-0.3, -0.25) is 9.36 Å². The van der Waals surface area contributed by atoms with Crippen molar-refractivity contribution in [2.24, 2.45) is 0 Å². The molecule has 4 rings (SSSR count). The zero-order valence-electron chi connectivity index (χ0n) is 18.3. The number of thioether (sulfide) groups is 1. The molecule has 0 fully saturated rings. The topological polar surface area (TPSA) is 69.0 Å². The zero-order chi connectivity index (χ0) is 24.9. The van der Waals surface area contributed by atoms with Crippen molar-refractivity contribution in [1.29, 1.82) is 0 Å². The summed E-state index contributed by atoms with van der Waals surface area (Å²) in [5, 5.41) is 13.8. The Kier molecular flexibility index (Phi) is 8.46. The van der Waals surface area contributed by atoms with Crippen molar-refractivity contribution < 1.29 is 9.53 Å². The Bertz CT molecular complexity index is 1360. The first kappa shape index (κ1) is 25.7. The van der Waals surface area contributed by atoms with Crippen LogP contribution in [0.5, 0.6) is 5.75 Å². The number of benzene rings is 3. The minimum Gasteiger partial charge on any atom is -0.497 e. The molecule has 35 heavy (non-hydrogen) atoms. The summed E-state index contributed by atoms with van der Waals surface area (Å²) < 4.78 is 7.11. The number of nitrogens with one attached hydrogen (secondary N) is 1.